The van der Waals surface area contributed by atoms with Crippen LogP contribution in [-0.4, -0.2) is 91.1 Å². The van der Waals surface area contributed by atoms with E-state index in [1.165, 1.54) is 5.56 Å². The monoisotopic (exact) mass is 507 g/mol. The maximum atomic E-state index is 13.2. The summed E-state index contributed by atoms with van der Waals surface area (Å²) in [5.74, 6) is 0.881. The Balaban J connectivity index is 1.12. The van der Waals surface area contributed by atoms with E-state index in [1.807, 2.05) is 43.3 Å². The molecule has 0 aliphatic carbocycles. The van der Waals surface area contributed by atoms with Gasteiger partial charge in [0.2, 0.25) is 24.5 Å². The van der Waals surface area contributed by atoms with Gasteiger partial charge >= 0.3 is 0 Å². The normalized spacial score (nSPS) is 20.0. The number of para-hydroxylation sites is 1. The fourth-order valence-corrected chi connectivity index (χ4v) is 4.99. The van der Waals surface area contributed by atoms with E-state index >= 15 is 0 Å². The minimum Gasteiger partial charge on any atom is -0.454 e. The predicted octanol–water partition coefficient (Wildman–Crippen LogP) is 1.20. The predicted molar refractivity (Wildman–Crippen MR) is 137 cm³/mol. The van der Waals surface area contributed by atoms with Crippen LogP contribution in [0.1, 0.15) is 17.5 Å². The molecule has 2 aromatic carbocycles. The summed E-state index contributed by atoms with van der Waals surface area (Å²) >= 11 is 0. The maximum absolute atomic E-state index is 13.2. The molecule has 10 heteroatoms. The number of carbonyl (C=O) groups excluding carboxylic acids is 3. The number of carbonyl (C=O) groups is 3. The molecule has 0 bridgehead atoms. The van der Waals surface area contributed by atoms with Crippen LogP contribution in [0.2, 0.25) is 0 Å². The minimum atomic E-state index is -0.808. The van der Waals surface area contributed by atoms with Crippen LogP contribution in [0.4, 0.5) is 5.69 Å². The number of anilines is 1. The summed E-state index contributed by atoms with van der Waals surface area (Å²) in [4.78, 5) is 44.6. The molecular weight excluding hydrogens is 474 g/mol. The smallest absolute Gasteiger partial charge is 0.243 e. The van der Waals surface area contributed by atoms with Gasteiger partial charge in [0, 0.05) is 51.5 Å². The van der Waals surface area contributed by atoms with Crippen LogP contribution < -0.4 is 20.1 Å². The Morgan fingerprint density at radius 1 is 1.00 bits per heavy atom. The van der Waals surface area contributed by atoms with Gasteiger partial charge in [-0.15, -0.1) is 0 Å². The number of fused-ring (bicyclic) bond motifs is 1. The molecule has 2 N–H and O–H groups in total. The molecule has 2 saturated heterocycles. The third-order valence-electron chi connectivity index (χ3n) is 7.12. The zero-order valence-corrected chi connectivity index (χ0v) is 21.1. The molecule has 5 rings (SSSR count). The molecule has 3 aliphatic heterocycles. The number of benzene rings is 2. The van der Waals surface area contributed by atoms with Crippen molar-refractivity contribution in [3.05, 3.63) is 53.6 Å². The first-order chi connectivity index (χ1) is 18.0. The van der Waals surface area contributed by atoms with Gasteiger partial charge in [-0.3, -0.25) is 24.2 Å². The zero-order chi connectivity index (χ0) is 25.8. The standard InChI is InChI=1S/C27H33N5O5/c1-19-4-2-3-5-21(19)29-25(33)15-22-27(35)28-8-9-32(22)26(34)17-31-12-10-30(11-13-31)16-20-6-7-23-24(14-20)37-18-36-23/h2-7,14,22H,8-13,15-18H2,1H3,(H,28,35)(H,29,33)/t22-/m0/s1. The highest BCUT2D eigenvalue weighted by Crippen LogP contribution is 2.32. The van der Waals surface area contributed by atoms with E-state index in [2.05, 4.69) is 26.5 Å². The number of piperazine rings is 2. The van der Waals surface area contributed by atoms with Crippen molar-refractivity contribution in [1.29, 1.82) is 0 Å². The van der Waals surface area contributed by atoms with Crippen LogP contribution in [0.3, 0.4) is 0 Å². The molecule has 0 radical (unpaired) electrons. The zero-order valence-electron chi connectivity index (χ0n) is 21.1. The topological polar surface area (TPSA) is 103 Å². The van der Waals surface area contributed by atoms with Gasteiger partial charge in [-0.2, -0.15) is 0 Å². The van der Waals surface area contributed by atoms with Crippen molar-refractivity contribution in [3.63, 3.8) is 0 Å². The van der Waals surface area contributed by atoms with Crippen LogP contribution in [0.25, 0.3) is 0 Å². The molecule has 0 spiro atoms. The SMILES string of the molecule is Cc1ccccc1NC(=O)C[C@H]1C(=O)NCCN1C(=O)CN1CCN(Cc2ccc3c(c2)OCO3)CC1. The van der Waals surface area contributed by atoms with E-state index in [1.54, 1.807) is 4.90 Å². The van der Waals surface area contributed by atoms with E-state index in [0.29, 0.717) is 18.8 Å². The molecule has 0 aromatic heterocycles. The first kappa shape index (κ1) is 25.0. The molecule has 2 aromatic rings. The molecule has 3 aliphatic rings. The molecule has 1 atom stereocenters. The number of amides is 3. The highest BCUT2D eigenvalue weighted by atomic mass is 16.7. The van der Waals surface area contributed by atoms with Crippen LogP contribution in [0.5, 0.6) is 11.5 Å². The van der Waals surface area contributed by atoms with Crippen molar-refractivity contribution in [2.45, 2.75) is 25.9 Å². The van der Waals surface area contributed by atoms with Crippen molar-refractivity contribution in [2.75, 3.05) is 57.9 Å². The Morgan fingerprint density at radius 2 is 1.76 bits per heavy atom. The van der Waals surface area contributed by atoms with Crippen LogP contribution in [-0.2, 0) is 20.9 Å². The van der Waals surface area contributed by atoms with Crippen LogP contribution >= 0.6 is 0 Å². The van der Waals surface area contributed by atoms with Gasteiger partial charge in [0.25, 0.3) is 0 Å². The Kier molecular flexibility index (Phi) is 7.57. The van der Waals surface area contributed by atoms with Gasteiger partial charge in [-0.05, 0) is 36.2 Å². The van der Waals surface area contributed by atoms with E-state index in [0.717, 1.165) is 49.8 Å². The Bertz CT molecular complexity index is 1160. The number of aryl methyl sites for hydroxylation is 1. The first-order valence-corrected chi connectivity index (χ1v) is 12.7. The second kappa shape index (κ2) is 11.2. The van der Waals surface area contributed by atoms with E-state index in [-0.39, 0.29) is 37.5 Å². The van der Waals surface area contributed by atoms with E-state index in [4.69, 9.17) is 9.47 Å². The highest BCUT2D eigenvalue weighted by molar-refractivity contribution is 5.98. The lowest BCUT2D eigenvalue weighted by atomic mass is 10.1. The van der Waals surface area contributed by atoms with E-state index < -0.39 is 6.04 Å². The quantitative estimate of drug-likeness (QED) is 0.581. The Morgan fingerprint density at radius 3 is 2.57 bits per heavy atom. The molecule has 3 heterocycles. The number of rotatable bonds is 7. The van der Waals surface area contributed by atoms with Gasteiger partial charge in [0.05, 0.1) is 13.0 Å². The van der Waals surface area contributed by atoms with Crippen molar-refractivity contribution in [1.82, 2.24) is 20.0 Å². The van der Waals surface area contributed by atoms with Crippen molar-refractivity contribution < 1.29 is 23.9 Å². The van der Waals surface area contributed by atoms with E-state index in [9.17, 15) is 14.4 Å². The first-order valence-electron chi connectivity index (χ1n) is 12.7. The van der Waals surface area contributed by atoms with Crippen molar-refractivity contribution >= 4 is 23.4 Å². The summed E-state index contributed by atoms with van der Waals surface area (Å²) in [7, 11) is 0. The number of nitrogens with one attached hydrogen (secondary N) is 2. The fraction of sp³-hybridized carbons (Fsp3) is 0.444. The summed E-state index contributed by atoms with van der Waals surface area (Å²) in [5.41, 5.74) is 2.81. The summed E-state index contributed by atoms with van der Waals surface area (Å²) in [6.07, 6.45) is -0.0742. The van der Waals surface area contributed by atoms with Gasteiger partial charge in [0.1, 0.15) is 6.04 Å². The van der Waals surface area contributed by atoms with Gasteiger partial charge in [0.15, 0.2) is 11.5 Å². The lowest BCUT2D eigenvalue weighted by Gasteiger charge is -2.38. The largest absolute Gasteiger partial charge is 0.454 e. The van der Waals surface area contributed by atoms with Crippen LogP contribution in [0.15, 0.2) is 42.5 Å². The van der Waals surface area contributed by atoms with Gasteiger partial charge in [-0.25, -0.2) is 0 Å². The second-order valence-corrected chi connectivity index (χ2v) is 9.70. The van der Waals surface area contributed by atoms with Crippen molar-refractivity contribution in [2.24, 2.45) is 0 Å². The van der Waals surface area contributed by atoms with Crippen LogP contribution in [0, 0.1) is 6.92 Å². The lowest BCUT2D eigenvalue weighted by molar-refractivity contribution is -0.145. The molecule has 10 nitrogen and oxygen atoms in total. The van der Waals surface area contributed by atoms with Crippen molar-refractivity contribution in [3.8, 4) is 11.5 Å². The second-order valence-electron chi connectivity index (χ2n) is 9.70. The molecule has 0 saturated carbocycles. The summed E-state index contributed by atoms with van der Waals surface area (Å²) in [6.45, 7) is 7.21. The molecular formula is C27H33N5O5. The fourth-order valence-electron chi connectivity index (χ4n) is 4.99. The maximum Gasteiger partial charge on any atom is 0.243 e. The average Bonchev–Trinajstić information content (AvgIpc) is 3.36. The van der Waals surface area contributed by atoms with Gasteiger partial charge < -0.3 is 25.0 Å². The molecule has 37 heavy (non-hydrogen) atoms. The Hall–Kier alpha value is -3.63. The molecule has 3 amide bonds. The summed E-state index contributed by atoms with van der Waals surface area (Å²) < 4.78 is 10.9. The number of hydrogen-bond donors (Lipinski definition) is 2. The minimum absolute atomic E-state index is 0.0742. The Labute approximate surface area is 216 Å². The molecule has 2 fully saturated rings. The molecule has 196 valence electrons. The average molecular weight is 508 g/mol. The number of hydrogen-bond acceptors (Lipinski definition) is 7. The number of nitrogens with zero attached hydrogens (tertiary/aromatic N) is 3. The lowest BCUT2D eigenvalue weighted by Crippen LogP contribution is -2.60. The third kappa shape index (κ3) is 6.03. The highest BCUT2D eigenvalue weighted by Gasteiger charge is 2.35. The third-order valence-corrected chi connectivity index (χ3v) is 7.12. The summed E-state index contributed by atoms with van der Waals surface area (Å²) in [6, 6.07) is 12.7. The van der Waals surface area contributed by atoms with Gasteiger partial charge in [-0.1, -0.05) is 24.3 Å². The molecule has 0 unspecified atom stereocenters. The number of ether oxygens (including phenoxy) is 2. The summed E-state index contributed by atoms with van der Waals surface area (Å²) in [5, 5.41) is 5.67.